The number of nitrogens with zero attached hydrogens (tertiary/aromatic N) is 2. The van der Waals surface area contributed by atoms with Crippen LogP contribution in [0.1, 0.15) is 43.0 Å². The van der Waals surface area contributed by atoms with Gasteiger partial charge in [-0.2, -0.15) is 0 Å². The lowest BCUT2D eigenvalue weighted by Crippen LogP contribution is -2.56. The van der Waals surface area contributed by atoms with Crippen molar-refractivity contribution >= 4 is 39.1 Å². The molecule has 0 fully saturated rings. The minimum absolute atomic E-state index is 0.0603. The second kappa shape index (κ2) is 14.5. The van der Waals surface area contributed by atoms with Gasteiger partial charge in [-0.3, -0.25) is 13.9 Å². The number of amides is 2. The van der Waals surface area contributed by atoms with Crippen molar-refractivity contribution in [3.05, 3.63) is 130 Å². The number of anilines is 1. The van der Waals surface area contributed by atoms with E-state index in [0.717, 1.165) is 21.0 Å². The van der Waals surface area contributed by atoms with Crippen LogP contribution in [0.4, 0.5) is 10.1 Å². The van der Waals surface area contributed by atoms with Crippen LogP contribution >= 0.6 is 11.6 Å². The van der Waals surface area contributed by atoms with E-state index in [2.05, 4.69) is 5.32 Å². The first-order valence-corrected chi connectivity index (χ1v) is 16.7. The number of benzene rings is 4. The SMILES string of the molecule is Cc1ccc(N(CC(=O)N(Cc2ccccc2F)C(Cc2ccccc2)C(=O)NC(C)(C)C)S(=O)(=O)c2ccc(Cl)cc2)cc1C. The molecule has 2 amide bonds. The summed E-state index contributed by atoms with van der Waals surface area (Å²) in [6, 6.07) is 24.9. The van der Waals surface area contributed by atoms with Crippen molar-refractivity contribution in [3.8, 4) is 0 Å². The summed E-state index contributed by atoms with van der Waals surface area (Å²) in [6.07, 6.45) is 0.122. The molecule has 242 valence electrons. The zero-order valence-electron chi connectivity index (χ0n) is 26.6. The average Bonchev–Trinajstić information content (AvgIpc) is 2.99. The first kappa shape index (κ1) is 34.7. The van der Waals surface area contributed by atoms with Gasteiger partial charge in [-0.15, -0.1) is 0 Å². The topological polar surface area (TPSA) is 86.8 Å². The number of carbonyl (C=O) groups excluding carboxylic acids is 2. The summed E-state index contributed by atoms with van der Waals surface area (Å²) in [4.78, 5) is 29.7. The fraction of sp³-hybridized carbons (Fsp3) is 0.278. The number of sulfonamides is 1. The number of aryl methyl sites for hydroxylation is 2. The molecule has 0 heterocycles. The van der Waals surface area contributed by atoms with E-state index >= 15 is 4.39 Å². The maximum atomic E-state index is 15.1. The van der Waals surface area contributed by atoms with Crippen molar-refractivity contribution < 1.29 is 22.4 Å². The highest BCUT2D eigenvalue weighted by Gasteiger charge is 2.36. The van der Waals surface area contributed by atoms with Crippen LogP contribution in [0.3, 0.4) is 0 Å². The minimum Gasteiger partial charge on any atom is -0.350 e. The molecule has 4 aromatic carbocycles. The molecule has 0 radical (unpaired) electrons. The second-order valence-electron chi connectivity index (χ2n) is 12.3. The zero-order chi connectivity index (χ0) is 33.6. The van der Waals surface area contributed by atoms with Crippen LogP contribution in [0, 0.1) is 19.7 Å². The van der Waals surface area contributed by atoms with Gasteiger partial charge in [0.2, 0.25) is 11.8 Å². The quantitative estimate of drug-likeness (QED) is 0.190. The monoisotopic (exact) mass is 663 g/mol. The third-order valence-corrected chi connectivity index (χ3v) is 9.57. The molecular formula is C36H39ClFN3O4S. The summed E-state index contributed by atoms with van der Waals surface area (Å²) < 4.78 is 44.4. The summed E-state index contributed by atoms with van der Waals surface area (Å²) in [5.41, 5.74) is 2.38. The number of halogens is 2. The van der Waals surface area contributed by atoms with Gasteiger partial charge in [0, 0.05) is 29.1 Å². The lowest BCUT2D eigenvalue weighted by atomic mass is 10.0. The molecule has 7 nitrogen and oxygen atoms in total. The Labute approximate surface area is 276 Å². The van der Waals surface area contributed by atoms with Crippen molar-refractivity contribution in [2.24, 2.45) is 0 Å². The Hall–Kier alpha value is -4.21. The Balaban J connectivity index is 1.84. The van der Waals surface area contributed by atoms with Gasteiger partial charge >= 0.3 is 0 Å². The van der Waals surface area contributed by atoms with Gasteiger partial charge in [-0.25, -0.2) is 12.8 Å². The highest BCUT2D eigenvalue weighted by atomic mass is 35.5. The largest absolute Gasteiger partial charge is 0.350 e. The molecule has 10 heteroatoms. The number of hydrogen-bond donors (Lipinski definition) is 1. The molecule has 0 saturated heterocycles. The first-order chi connectivity index (χ1) is 21.7. The van der Waals surface area contributed by atoms with E-state index in [1.807, 2.05) is 65.0 Å². The van der Waals surface area contributed by atoms with Crippen LogP contribution < -0.4 is 9.62 Å². The molecule has 1 atom stereocenters. The highest BCUT2D eigenvalue weighted by molar-refractivity contribution is 7.92. The average molecular weight is 664 g/mol. The summed E-state index contributed by atoms with van der Waals surface area (Å²) in [5.74, 6) is -1.67. The molecule has 1 unspecified atom stereocenters. The normalized spacial score (nSPS) is 12.3. The van der Waals surface area contributed by atoms with Gasteiger partial charge in [-0.05, 0) is 93.8 Å². The fourth-order valence-electron chi connectivity index (χ4n) is 4.96. The molecule has 0 aliphatic carbocycles. The van der Waals surface area contributed by atoms with E-state index in [9.17, 15) is 18.0 Å². The van der Waals surface area contributed by atoms with E-state index in [4.69, 9.17) is 11.6 Å². The molecule has 0 aliphatic rings. The molecule has 4 rings (SSSR count). The Morgan fingerprint density at radius 3 is 2.11 bits per heavy atom. The maximum Gasteiger partial charge on any atom is 0.264 e. The predicted octanol–water partition coefficient (Wildman–Crippen LogP) is 6.85. The Kier molecular flexibility index (Phi) is 10.9. The van der Waals surface area contributed by atoms with Crippen LogP contribution in [-0.4, -0.2) is 43.3 Å². The van der Waals surface area contributed by atoms with Crippen LogP contribution in [0.2, 0.25) is 5.02 Å². The van der Waals surface area contributed by atoms with Crippen molar-refractivity contribution in [3.63, 3.8) is 0 Å². The lowest BCUT2D eigenvalue weighted by Gasteiger charge is -2.35. The molecule has 0 saturated carbocycles. The summed E-state index contributed by atoms with van der Waals surface area (Å²) in [6.45, 7) is 8.33. The molecule has 0 spiro atoms. The number of carbonyl (C=O) groups is 2. The smallest absolute Gasteiger partial charge is 0.264 e. The summed E-state index contributed by atoms with van der Waals surface area (Å²) >= 11 is 6.05. The van der Waals surface area contributed by atoms with E-state index in [-0.39, 0.29) is 29.1 Å². The van der Waals surface area contributed by atoms with Crippen LogP contribution in [0.15, 0.2) is 102 Å². The highest BCUT2D eigenvalue weighted by Crippen LogP contribution is 2.28. The van der Waals surface area contributed by atoms with Gasteiger partial charge in [0.1, 0.15) is 18.4 Å². The Morgan fingerprint density at radius 1 is 0.870 bits per heavy atom. The predicted molar refractivity (Wildman–Crippen MR) is 181 cm³/mol. The van der Waals surface area contributed by atoms with E-state index in [1.54, 1.807) is 36.4 Å². The third-order valence-electron chi connectivity index (χ3n) is 7.53. The summed E-state index contributed by atoms with van der Waals surface area (Å²) in [7, 11) is -4.29. The van der Waals surface area contributed by atoms with Gasteiger partial charge < -0.3 is 10.2 Å². The number of nitrogens with one attached hydrogen (secondary N) is 1. The van der Waals surface area contributed by atoms with Gasteiger partial charge in [-0.1, -0.05) is 66.2 Å². The minimum atomic E-state index is -4.29. The molecule has 1 N–H and O–H groups in total. The number of rotatable bonds is 11. The van der Waals surface area contributed by atoms with Crippen LogP contribution in [0.25, 0.3) is 0 Å². The third kappa shape index (κ3) is 8.73. The van der Waals surface area contributed by atoms with Crippen molar-refractivity contribution in [2.75, 3.05) is 10.8 Å². The molecule has 46 heavy (non-hydrogen) atoms. The van der Waals surface area contributed by atoms with E-state index < -0.39 is 45.8 Å². The second-order valence-corrected chi connectivity index (χ2v) is 14.6. The van der Waals surface area contributed by atoms with Gasteiger partial charge in [0.05, 0.1) is 10.6 Å². The summed E-state index contributed by atoms with van der Waals surface area (Å²) in [5, 5.41) is 3.32. The van der Waals surface area contributed by atoms with Crippen molar-refractivity contribution in [2.45, 2.75) is 64.1 Å². The molecule has 4 aromatic rings. The fourth-order valence-corrected chi connectivity index (χ4v) is 6.49. The van der Waals surface area contributed by atoms with Crippen LogP contribution in [-0.2, 0) is 32.6 Å². The Bertz CT molecular complexity index is 1790. The molecule has 0 bridgehead atoms. The molecule has 0 aliphatic heterocycles. The van der Waals surface area contributed by atoms with Crippen molar-refractivity contribution in [1.29, 1.82) is 0 Å². The zero-order valence-corrected chi connectivity index (χ0v) is 28.2. The first-order valence-electron chi connectivity index (χ1n) is 14.9. The molecule has 0 aromatic heterocycles. The van der Waals surface area contributed by atoms with E-state index in [1.165, 1.54) is 35.2 Å². The van der Waals surface area contributed by atoms with Gasteiger partial charge in [0.25, 0.3) is 10.0 Å². The van der Waals surface area contributed by atoms with Crippen molar-refractivity contribution in [1.82, 2.24) is 10.2 Å². The number of hydrogen-bond acceptors (Lipinski definition) is 4. The Morgan fingerprint density at radius 2 is 1.50 bits per heavy atom. The van der Waals surface area contributed by atoms with E-state index in [0.29, 0.717) is 5.02 Å². The van der Waals surface area contributed by atoms with Gasteiger partial charge in [0.15, 0.2) is 0 Å². The maximum absolute atomic E-state index is 15.1. The van der Waals surface area contributed by atoms with Crippen LogP contribution in [0.5, 0.6) is 0 Å². The lowest BCUT2D eigenvalue weighted by molar-refractivity contribution is -0.140. The molecular weight excluding hydrogens is 625 g/mol. The standard InChI is InChI=1S/C36H39ClFN3O4S/c1-25-15-18-30(21-26(25)2)41(46(44,45)31-19-16-29(37)17-20-31)24-34(42)40(23-28-13-9-10-14-32(28)38)33(35(43)39-36(3,4)5)22-27-11-7-6-8-12-27/h6-21,33H,22-24H2,1-5H3,(H,39,43).